The van der Waals surface area contributed by atoms with Gasteiger partial charge >= 0.3 is 0 Å². The van der Waals surface area contributed by atoms with Crippen LogP contribution in [0.25, 0.3) is 11.3 Å². The van der Waals surface area contributed by atoms with Crippen LogP contribution in [0.3, 0.4) is 0 Å². The molecule has 3 nitrogen and oxygen atoms in total. The Morgan fingerprint density at radius 1 is 1.50 bits per heavy atom. The highest BCUT2D eigenvalue weighted by Gasteiger charge is 2.14. The van der Waals surface area contributed by atoms with Crippen LogP contribution in [0.5, 0.6) is 0 Å². The van der Waals surface area contributed by atoms with Crippen LogP contribution in [-0.2, 0) is 0 Å². The van der Waals surface area contributed by atoms with E-state index in [1.54, 1.807) is 6.20 Å². The van der Waals surface area contributed by atoms with Gasteiger partial charge in [0.2, 0.25) is 5.89 Å². The van der Waals surface area contributed by atoms with Crippen LogP contribution < -0.4 is 5.32 Å². The van der Waals surface area contributed by atoms with Crippen molar-refractivity contribution in [3.05, 3.63) is 38.3 Å². The Kier molecular flexibility index (Phi) is 4.80. The molecule has 1 N–H and O–H groups in total. The van der Waals surface area contributed by atoms with Gasteiger partial charge in [-0.2, -0.15) is 0 Å². The minimum atomic E-state index is 0.130. The summed E-state index contributed by atoms with van der Waals surface area (Å²) < 4.78 is 8.00. The molecule has 1 atom stereocenters. The predicted molar refractivity (Wildman–Crippen MR) is 84.4 cm³/mol. The van der Waals surface area contributed by atoms with Gasteiger partial charge in [0.15, 0.2) is 5.76 Å². The molecule has 0 spiro atoms. The van der Waals surface area contributed by atoms with Gasteiger partial charge in [-0.25, -0.2) is 4.98 Å². The van der Waals surface area contributed by atoms with E-state index in [9.17, 15) is 0 Å². The van der Waals surface area contributed by atoms with Gasteiger partial charge in [-0.15, -0.1) is 0 Å². The largest absolute Gasteiger partial charge is 0.439 e. The third kappa shape index (κ3) is 3.13. The number of benzene rings is 1. The summed E-state index contributed by atoms with van der Waals surface area (Å²) in [4.78, 5) is 4.33. The molecule has 0 aliphatic heterocycles. The second-order valence-electron chi connectivity index (χ2n) is 3.97. The average Bonchev–Trinajstić information content (AvgIpc) is 2.82. The quantitative estimate of drug-likeness (QED) is 0.746. The highest BCUT2D eigenvalue weighted by atomic mass is 127. The maximum atomic E-state index is 5.81. The normalized spacial score (nSPS) is 12.7. The summed E-state index contributed by atoms with van der Waals surface area (Å²) >= 11 is 5.82. The van der Waals surface area contributed by atoms with Crippen molar-refractivity contribution < 1.29 is 4.42 Å². The molecule has 1 aromatic heterocycles. The molecule has 2 aromatic rings. The molecule has 2 rings (SSSR count). The number of aromatic nitrogens is 1. The Labute approximate surface area is 129 Å². The molecule has 5 heteroatoms. The van der Waals surface area contributed by atoms with E-state index in [1.165, 1.54) is 3.57 Å². The summed E-state index contributed by atoms with van der Waals surface area (Å²) in [6.07, 6.45) is 1.78. The first kappa shape index (κ1) is 14.0. The molecule has 18 heavy (non-hydrogen) atoms. The fraction of sp³-hybridized carbons (Fsp3) is 0.308. The molecule has 0 saturated heterocycles. The molecule has 1 unspecified atom stereocenters. The number of rotatable bonds is 4. The number of hydrogen-bond donors (Lipinski definition) is 1. The maximum Gasteiger partial charge on any atom is 0.211 e. The molecular formula is C13H14BrIN2O. The molecule has 0 aliphatic carbocycles. The molecule has 1 aromatic carbocycles. The Hall–Kier alpha value is -0.400. The first-order valence-electron chi connectivity index (χ1n) is 5.76. The Morgan fingerprint density at radius 2 is 2.28 bits per heavy atom. The van der Waals surface area contributed by atoms with E-state index >= 15 is 0 Å². The van der Waals surface area contributed by atoms with Gasteiger partial charge in [0.05, 0.1) is 12.2 Å². The van der Waals surface area contributed by atoms with Crippen LogP contribution >= 0.6 is 38.5 Å². The van der Waals surface area contributed by atoms with E-state index in [4.69, 9.17) is 4.42 Å². The monoisotopic (exact) mass is 420 g/mol. The number of halogens is 2. The van der Waals surface area contributed by atoms with Crippen molar-refractivity contribution >= 4 is 38.5 Å². The van der Waals surface area contributed by atoms with Gasteiger partial charge in [-0.3, -0.25) is 0 Å². The molecular weight excluding hydrogens is 407 g/mol. The second kappa shape index (κ2) is 6.16. The Balaban J connectivity index is 2.32. The first-order valence-corrected chi connectivity index (χ1v) is 7.63. The lowest BCUT2D eigenvalue weighted by molar-refractivity contribution is 0.429. The molecule has 0 saturated carbocycles. The van der Waals surface area contributed by atoms with Crippen LogP contribution in [-0.4, -0.2) is 11.5 Å². The second-order valence-corrected chi connectivity index (χ2v) is 6.07. The van der Waals surface area contributed by atoms with Crippen molar-refractivity contribution in [1.29, 1.82) is 0 Å². The van der Waals surface area contributed by atoms with Crippen molar-refractivity contribution in [2.45, 2.75) is 19.9 Å². The summed E-state index contributed by atoms with van der Waals surface area (Å²) in [6, 6.07) is 6.28. The topological polar surface area (TPSA) is 38.1 Å². The zero-order valence-corrected chi connectivity index (χ0v) is 13.9. The van der Waals surface area contributed by atoms with Crippen LogP contribution in [0, 0.1) is 3.57 Å². The van der Waals surface area contributed by atoms with Gasteiger partial charge in [-0.05, 0) is 54.3 Å². The summed E-state index contributed by atoms with van der Waals surface area (Å²) in [7, 11) is 0. The highest BCUT2D eigenvalue weighted by Crippen LogP contribution is 2.31. The molecule has 0 fully saturated rings. The molecule has 0 amide bonds. The zero-order chi connectivity index (χ0) is 13.1. The lowest BCUT2D eigenvalue weighted by atomic mass is 10.2. The summed E-state index contributed by atoms with van der Waals surface area (Å²) in [5.41, 5.74) is 1.03. The zero-order valence-electron chi connectivity index (χ0n) is 10.2. The average molecular weight is 421 g/mol. The van der Waals surface area contributed by atoms with E-state index in [-0.39, 0.29) is 6.04 Å². The van der Waals surface area contributed by atoms with Crippen LogP contribution in [0.1, 0.15) is 25.8 Å². The van der Waals surface area contributed by atoms with Gasteiger partial charge in [-0.1, -0.05) is 22.9 Å². The van der Waals surface area contributed by atoms with Gasteiger partial charge < -0.3 is 9.73 Å². The Bertz CT molecular complexity index is 542. The SMILES string of the molecule is CCNC(C)c1ncc(-c2cc(I)ccc2Br)o1. The van der Waals surface area contributed by atoms with Crippen molar-refractivity contribution in [2.24, 2.45) is 0 Å². The summed E-state index contributed by atoms with van der Waals surface area (Å²) in [5, 5.41) is 3.28. The Morgan fingerprint density at radius 3 is 3.00 bits per heavy atom. The lowest BCUT2D eigenvalue weighted by Crippen LogP contribution is -2.17. The maximum absolute atomic E-state index is 5.81. The van der Waals surface area contributed by atoms with Crippen molar-refractivity contribution in [3.8, 4) is 11.3 Å². The minimum absolute atomic E-state index is 0.130. The molecule has 96 valence electrons. The molecule has 0 aliphatic rings. The summed E-state index contributed by atoms with van der Waals surface area (Å²) in [5.74, 6) is 1.51. The van der Waals surface area contributed by atoms with Gasteiger partial charge in [0, 0.05) is 13.6 Å². The van der Waals surface area contributed by atoms with Crippen LogP contribution in [0.4, 0.5) is 0 Å². The van der Waals surface area contributed by atoms with Gasteiger partial charge in [0.25, 0.3) is 0 Å². The van der Waals surface area contributed by atoms with Crippen LogP contribution in [0.2, 0.25) is 0 Å². The number of hydrogen-bond acceptors (Lipinski definition) is 3. The van der Waals surface area contributed by atoms with Crippen molar-refractivity contribution in [3.63, 3.8) is 0 Å². The fourth-order valence-corrected chi connectivity index (χ4v) is 2.63. The van der Waals surface area contributed by atoms with Crippen molar-refractivity contribution in [1.82, 2.24) is 10.3 Å². The van der Waals surface area contributed by atoms with E-state index in [1.807, 2.05) is 19.1 Å². The van der Waals surface area contributed by atoms with E-state index in [0.29, 0.717) is 0 Å². The molecule has 1 heterocycles. The minimum Gasteiger partial charge on any atom is -0.439 e. The highest BCUT2D eigenvalue weighted by molar-refractivity contribution is 14.1. The fourth-order valence-electron chi connectivity index (χ4n) is 1.69. The lowest BCUT2D eigenvalue weighted by Gasteiger charge is -2.07. The summed E-state index contributed by atoms with van der Waals surface area (Å²) in [6.45, 7) is 5.01. The van der Waals surface area contributed by atoms with Gasteiger partial charge in [0.1, 0.15) is 0 Å². The number of oxazole rings is 1. The van der Waals surface area contributed by atoms with E-state index in [2.05, 4.69) is 61.8 Å². The van der Waals surface area contributed by atoms with E-state index < -0.39 is 0 Å². The van der Waals surface area contributed by atoms with E-state index in [0.717, 1.165) is 28.2 Å². The van der Waals surface area contributed by atoms with Crippen LogP contribution in [0.15, 0.2) is 33.3 Å². The molecule has 0 bridgehead atoms. The standard InChI is InChI=1S/C13H14BrIN2O/c1-3-16-8(2)13-17-7-12(18-13)10-6-9(15)4-5-11(10)14/h4-8,16H,3H2,1-2H3. The third-order valence-electron chi connectivity index (χ3n) is 2.60. The third-order valence-corrected chi connectivity index (χ3v) is 3.96. The first-order chi connectivity index (χ1) is 8.61. The number of nitrogens with one attached hydrogen (secondary N) is 1. The van der Waals surface area contributed by atoms with Crippen molar-refractivity contribution in [2.75, 3.05) is 6.54 Å². The predicted octanol–water partition coefficient (Wildman–Crippen LogP) is 4.38. The molecule has 0 radical (unpaired) electrons. The number of nitrogens with zero attached hydrogens (tertiary/aromatic N) is 1. The smallest absolute Gasteiger partial charge is 0.211 e.